The van der Waals surface area contributed by atoms with Crippen molar-refractivity contribution in [2.24, 2.45) is 5.92 Å². The van der Waals surface area contributed by atoms with Crippen LogP contribution in [0.4, 0.5) is 10.1 Å². The molecule has 0 aromatic heterocycles. The summed E-state index contributed by atoms with van der Waals surface area (Å²) >= 11 is 0. The largest absolute Gasteiger partial charge is 0.398 e. The van der Waals surface area contributed by atoms with Crippen LogP contribution in [0.3, 0.4) is 0 Å². The van der Waals surface area contributed by atoms with E-state index < -0.39 is 20.7 Å². The zero-order valence-corrected chi connectivity index (χ0v) is 13.7. The van der Waals surface area contributed by atoms with E-state index >= 15 is 0 Å². The topological polar surface area (TPSA) is 75.4 Å². The molecular weight excluding hydrogens is 293 g/mol. The number of nitrogens with one attached hydrogen (secondary N) is 1. The van der Waals surface area contributed by atoms with Gasteiger partial charge in [0.25, 0.3) is 0 Å². The number of nitrogens with two attached hydrogens (primary N) is 1. The van der Waals surface area contributed by atoms with Gasteiger partial charge in [-0.1, -0.05) is 19.9 Å². The molecule has 21 heavy (non-hydrogen) atoms. The maximum atomic E-state index is 13.8. The first kappa shape index (κ1) is 17.9. The van der Waals surface area contributed by atoms with E-state index in [2.05, 4.69) is 4.72 Å². The first-order chi connectivity index (χ1) is 9.63. The van der Waals surface area contributed by atoms with Gasteiger partial charge in [0, 0.05) is 12.6 Å². The summed E-state index contributed by atoms with van der Waals surface area (Å²) in [6.45, 7) is 4.55. The summed E-state index contributed by atoms with van der Waals surface area (Å²) in [7, 11) is -0.268. The molecule has 0 amide bonds. The van der Waals surface area contributed by atoms with E-state index in [0.717, 1.165) is 6.07 Å². The highest BCUT2D eigenvalue weighted by Crippen LogP contribution is 2.22. The normalized spacial score (nSPS) is 13.9. The molecule has 0 radical (unpaired) electrons. The van der Waals surface area contributed by atoms with Gasteiger partial charge in [-0.25, -0.2) is 17.5 Å². The average molecular weight is 317 g/mol. The van der Waals surface area contributed by atoms with Crippen LogP contribution in [-0.4, -0.2) is 40.0 Å². The number of sulfonamides is 1. The number of anilines is 1. The summed E-state index contributed by atoms with van der Waals surface area (Å²) in [6, 6.07) is 3.55. The third-order valence-corrected chi connectivity index (χ3v) is 4.54. The molecule has 7 heteroatoms. The lowest BCUT2D eigenvalue weighted by atomic mass is 10.0. The van der Waals surface area contributed by atoms with Crippen LogP contribution in [0.1, 0.15) is 20.3 Å². The van der Waals surface area contributed by atoms with Gasteiger partial charge in [-0.2, -0.15) is 0 Å². The van der Waals surface area contributed by atoms with Gasteiger partial charge in [-0.05, 0) is 38.6 Å². The van der Waals surface area contributed by atoms with E-state index in [-0.39, 0.29) is 11.7 Å². The Labute approximate surface area is 126 Å². The highest BCUT2D eigenvalue weighted by molar-refractivity contribution is 7.89. The number of halogens is 1. The van der Waals surface area contributed by atoms with Crippen LogP contribution in [0.2, 0.25) is 0 Å². The van der Waals surface area contributed by atoms with E-state index in [0.29, 0.717) is 18.9 Å². The molecule has 3 N–H and O–H groups in total. The number of nitrogens with zero attached hydrogens (tertiary/aromatic N) is 1. The van der Waals surface area contributed by atoms with Gasteiger partial charge in [-0.3, -0.25) is 0 Å². The van der Waals surface area contributed by atoms with E-state index in [9.17, 15) is 12.8 Å². The van der Waals surface area contributed by atoms with Gasteiger partial charge in [0.15, 0.2) is 0 Å². The van der Waals surface area contributed by atoms with Crippen molar-refractivity contribution in [3.63, 3.8) is 0 Å². The number of hydrogen-bond donors (Lipinski definition) is 2. The van der Waals surface area contributed by atoms with Gasteiger partial charge in [0.1, 0.15) is 10.7 Å². The summed E-state index contributed by atoms with van der Waals surface area (Å²) in [6.07, 6.45) is 0.658. The van der Waals surface area contributed by atoms with Gasteiger partial charge >= 0.3 is 0 Å². The Bertz CT molecular complexity index is 543. The molecule has 1 atom stereocenters. The molecule has 0 aliphatic rings. The van der Waals surface area contributed by atoms with Crippen LogP contribution in [0.15, 0.2) is 23.1 Å². The molecule has 0 heterocycles. The second kappa shape index (κ2) is 7.20. The van der Waals surface area contributed by atoms with E-state index in [1.165, 1.54) is 12.1 Å². The molecule has 1 aromatic rings. The van der Waals surface area contributed by atoms with Crippen LogP contribution in [0.5, 0.6) is 0 Å². The Morgan fingerprint density at radius 1 is 1.33 bits per heavy atom. The molecule has 0 fully saturated rings. The molecule has 0 aliphatic carbocycles. The highest BCUT2D eigenvalue weighted by Gasteiger charge is 2.26. The van der Waals surface area contributed by atoms with Crippen molar-refractivity contribution in [2.45, 2.75) is 31.2 Å². The quantitative estimate of drug-likeness (QED) is 0.750. The molecular formula is C14H24FN3O2S. The Kier molecular flexibility index (Phi) is 6.12. The Morgan fingerprint density at radius 3 is 2.43 bits per heavy atom. The average Bonchev–Trinajstić information content (AvgIpc) is 2.24. The molecule has 0 aliphatic heterocycles. The minimum absolute atomic E-state index is 0.0874. The van der Waals surface area contributed by atoms with Crippen LogP contribution in [-0.2, 0) is 10.0 Å². The number of rotatable bonds is 7. The fourth-order valence-corrected chi connectivity index (χ4v) is 3.69. The number of hydrogen-bond acceptors (Lipinski definition) is 4. The monoisotopic (exact) mass is 317 g/mol. The third-order valence-electron chi connectivity index (χ3n) is 2.93. The van der Waals surface area contributed by atoms with Crippen LogP contribution in [0.25, 0.3) is 0 Å². The van der Waals surface area contributed by atoms with Gasteiger partial charge in [0.05, 0.1) is 5.69 Å². The van der Waals surface area contributed by atoms with E-state index in [1.54, 1.807) is 0 Å². The summed E-state index contributed by atoms with van der Waals surface area (Å²) in [4.78, 5) is 1.41. The van der Waals surface area contributed by atoms with Crippen LogP contribution in [0, 0.1) is 11.7 Å². The lowest BCUT2D eigenvalue weighted by Crippen LogP contribution is -2.42. The molecule has 0 saturated heterocycles. The minimum atomic E-state index is -3.99. The first-order valence-electron chi connectivity index (χ1n) is 6.84. The van der Waals surface area contributed by atoms with Crippen molar-refractivity contribution in [2.75, 3.05) is 26.4 Å². The highest BCUT2D eigenvalue weighted by atomic mass is 32.2. The maximum absolute atomic E-state index is 13.8. The molecule has 1 rings (SSSR count). The summed E-state index contributed by atoms with van der Waals surface area (Å²) in [5.41, 5.74) is 5.53. The predicted molar refractivity (Wildman–Crippen MR) is 82.9 cm³/mol. The van der Waals surface area contributed by atoms with Gasteiger partial charge in [0.2, 0.25) is 10.0 Å². The number of benzene rings is 1. The number of nitrogen functional groups attached to an aromatic ring is 1. The fraction of sp³-hybridized carbons (Fsp3) is 0.571. The molecule has 0 spiro atoms. The lowest BCUT2D eigenvalue weighted by molar-refractivity contribution is 0.329. The zero-order chi connectivity index (χ0) is 16.2. The molecule has 1 unspecified atom stereocenters. The fourth-order valence-electron chi connectivity index (χ4n) is 2.26. The van der Waals surface area contributed by atoms with Crippen molar-refractivity contribution < 1.29 is 12.8 Å². The molecule has 120 valence electrons. The van der Waals surface area contributed by atoms with Crippen molar-refractivity contribution in [1.82, 2.24) is 9.62 Å². The van der Waals surface area contributed by atoms with Crippen LogP contribution < -0.4 is 10.5 Å². The predicted octanol–water partition coefficient (Wildman–Crippen LogP) is 1.66. The maximum Gasteiger partial charge on any atom is 0.245 e. The standard InChI is InChI=1S/C14H24FN3O2S/c1-10(2)8-11(9-18(3)4)17-21(19,20)14-12(15)6-5-7-13(14)16/h5-7,10-11,17H,8-9,16H2,1-4H3. The molecule has 5 nitrogen and oxygen atoms in total. The second-order valence-corrected chi connectivity index (χ2v) is 7.52. The zero-order valence-electron chi connectivity index (χ0n) is 12.9. The second-order valence-electron chi connectivity index (χ2n) is 5.87. The van der Waals surface area contributed by atoms with Gasteiger partial charge < -0.3 is 10.6 Å². The van der Waals surface area contributed by atoms with E-state index in [1.807, 2.05) is 32.8 Å². The Morgan fingerprint density at radius 2 is 1.95 bits per heavy atom. The summed E-state index contributed by atoms with van der Waals surface area (Å²) in [5.74, 6) is -0.522. The SMILES string of the molecule is CC(C)CC(CN(C)C)NS(=O)(=O)c1c(N)cccc1F. The molecule has 0 saturated carbocycles. The Hall–Kier alpha value is -1.18. The number of likely N-dealkylation sites (N-methyl/N-ethyl adjacent to an activating group) is 1. The first-order valence-corrected chi connectivity index (χ1v) is 8.33. The van der Waals surface area contributed by atoms with Crippen molar-refractivity contribution >= 4 is 15.7 Å². The van der Waals surface area contributed by atoms with Crippen molar-refractivity contribution in [3.8, 4) is 0 Å². The van der Waals surface area contributed by atoms with Crippen molar-refractivity contribution in [3.05, 3.63) is 24.0 Å². The third kappa shape index (κ3) is 5.26. The molecule has 0 bridgehead atoms. The van der Waals surface area contributed by atoms with Crippen LogP contribution >= 0.6 is 0 Å². The Balaban J connectivity index is 3.05. The molecule has 1 aromatic carbocycles. The van der Waals surface area contributed by atoms with Gasteiger partial charge in [-0.15, -0.1) is 0 Å². The smallest absolute Gasteiger partial charge is 0.245 e. The van der Waals surface area contributed by atoms with Crippen molar-refractivity contribution in [1.29, 1.82) is 0 Å². The van der Waals surface area contributed by atoms with E-state index in [4.69, 9.17) is 5.73 Å². The summed E-state index contributed by atoms with van der Waals surface area (Å²) < 4.78 is 41.2. The minimum Gasteiger partial charge on any atom is -0.398 e. The lowest BCUT2D eigenvalue weighted by Gasteiger charge is -2.24. The summed E-state index contributed by atoms with van der Waals surface area (Å²) in [5, 5.41) is 0.